The molecule has 2 aromatic heterocycles. The fourth-order valence-corrected chi connectivity index (χ4v) is 4.55. The maximum atomic E-state index is 13.9. The molecule has 2 heterocycles. The second-order valence-corrected chi connectivity index (χ2v) is 9.36. The molecule has 0 unspecified atom stereocenters. The number of amides is 1. The van der Waals surface area contributed by atoms with Crippen molar-refractivity contribution in [1.82, 2.24) is 15.3 Å². The molecule has 39 heavy (non-hydrogen) atoms. The van der Waals surface area contributed by atoms with Crippen LogP contribution in [0.15, 0.2) is 79.1 Å². The first-order valence-electron chi connectivity index (χ1n) is 13.1. The van der Waals surface area contributed by atoms with Crippen molar-refractivity contribution in [3.05, 3.63) is 95.8 Å². The van der Waals surface area contributed by atoms with E-state index >= 15 is 0 Å². The van der Waals surface area contributed by atoms with Crippen molar-refractivity contribution in [3.8, 4) is 5.88 Å². The van der Waals surface area contributed by atoms with Crippen molar-refractivity contribution in [2.75, 3.05) is 13.7 Å². The van der Waals surface area contributed by atoms with E-state index in [0.29, 0.717) is 41.2 Å². The Labute approximate surface area is 226 Å². The van der Waals surface area contributed by atoms with E-state index in [1.165, 1.54) is 0 Å². The van der Waals surface area contributed by atoms with E-state index in [9.17, 15) is 18.0 Å². The first-order chi connectivity index (χ1) is 18.8. The Morgan fingerprint density at radius 3 is 2.41 bits per heavy atom. The lowest BCUT2D eigenvalue weighted by molar-refractivity contribution is -0.123. The minimum absolute atomic E-state index is 0.0441. The van der Waals surface area contributed by atoms with Crippen molar-refractivity contribution in [1.29, 1.82) is 0 Å². The number of carbonyl (C=O) groups excluding carboxylic acids is 1. The first-order valence-corrected chi connectivity index (χ1v) is 13.1. The molecule has 204 valence electrons. The second-order valence-electron chi connectivity index (χ2n) is 9.36. The molecule has 5 nitrogen and oxygen atoms in total. The van der Waals surface area contributed by atoms with Gasteiger partial charge in [0.25, 0.3) is 0 Å². The summed E-state index contributed by atoms with van der Waals surface area (Å²) in [5, 5.41) is 3.52. The number of fused-ring (bicyclic) bond motifs is 1. The highest BCUT2D eigenvalue weighted by molar-refractivity contribution is 6.00. The minimum atomic E-state index is -4.40. The molecule has 8 heteroatoms. The van der Waals surface area contributed by atoms with Crippen LogP contribution in [0.2, 0.25) is 0 Å². The Balaban J connectivity index is 1.59. The molecule has 0 radical (unpaired) electrons. The molecule has 2 N–H and O–H groups in total. The summed E-state index contributed by atoms with van der Waals surface area (Å²) in [6, 6.07) is 19.7. The number of aromatic nitrogens is 2. The van der Waals surface area contributed by atoms with Crippen LogP contribution >= 0.6 is 0 Å². The average Bonchev–Trinajstić information content (AvgIpc) is 3.41. The Morgan fingerprint density at radius 2 is 1.69 bits per heavy atom. The summed E-state index contributed by atoms with van der Waals surface area (Å²) in [5.41, 5.74) is 3.34. The summed E-state index contributed by atoms with van der Waals surface area (Å²) < 4.78 is 47.4. The Bertz CT molecular complexity index is 1390. The number of hydrogen-bond acceptors (Lipinski definition) is 3. The number of benzene rings is 2. The maximum absolute atomic E-state index is 13.9. The second kappa shape index (κ2) is 13.1. The van der Waals surface area contributed by atoms with E-state index in [2.05, 4.69) is 15.3 Å². The van der Waals surface area contributed by atoms with Gasteiger partial charge in [0.1, 0.15) is 0 Å². The van der Waals surface area contributed by atoms with Gasteiger partial charge in [-0.15, -0.1) is 0 Å². The van der Waals surface area contributed by atoms with E-state index in [0.717, 1.165) is 36.6 Å². The van der Waals surface area contributed by atoms with Gasteiger partial charge in [-0.05, 0) is 64.8 Å². The molecule has 0 aliphatic heterocycles. The van der Waals surface area contributed by atoms with Gasteiger partial charge in [-0.3, -0.25) is 4.79 Å². The fourth-order valence-electron chi connectivity index (χ4n) is 4.55. The predicted octanol–water partition coefficient (Wildman–Crippen LogP) is 7.55. The number of rotatable bonds is 12. The van der Waals surface area contributed by atoms with Crippen LogP contribution in [0, 0.1) is 0 Å². The largest absolute Gasteiger partial charge is 0.478 e. The fraction of sp³-hybridized carbons (Fsp3) is 0.290. The number of alkyl halides is 3. The lowest BCUT2D eigenvalue weighted by Gasteiger charge is -2.19. The predicted molar refractivity (Wildman–Crippen MR) is 148 cm³/mol. The molecule has 0 saturated carbocycles. The molecular formula is C31H32F3N3O2. The number of hydrogen-bond donors (Lipinski definition) is 2. The van der Waals surface area contributed by atoms with Crippen LogP contribution in [0.1, 0.15) is 55.2 Å². The number of unbranched alkanes of at least 4 members (excludes halogenated alkanes) is 3. The molecular weight excluding hydrogens is 503 g/mol. The van der Waals surface area contributed by atoms with Crippen LogP contribution in [-0.4, -0.2) is 35.7 Å². The van der Waals surface area contributed by atoms with Gasteiger partial charge >= 0.3 is 6.18 Å². The Hall–Kier alpha value is -4.07. The molecule has 0 saturated heterocycles. The van der Waals surface area contributed by atoms with Crippen molar-refractivity contribution in [2.24, 2.45) is 0 Å². The van der Waals surface area contributed by atoms with Crippen molar-refractivity contribution in [2.45, 2.75) is 44.7 Å². The number of halogens is 3. The monoisotopic (exact) mass is 535 g/mol. The number of aromatic amines is 1. The third-order valence-electron chi connectivity index (χ3n) is 6.50. The maximum Gasteiger partial charge on any atom is 0.393 e. The van der Waals surface area contributed by atoms with E-state index < -0.39 is 12.6 Å². The van der Waals surface area contributed by atoms with Gasteiger partial charge in [-0.1, -0.05) is 49.2 Å². The minimum Gasteiger partial charge on any atom is -0.478 e. The van der Waals surface area contributed by atoms with Crippen LogP contribution in [0.25, 0.3) is 22.0 Å². The number of allylic oxidation sites excluding steroid dienone is 1. The summed E-state index contributed by atoms with van der Waals surface area (Å²) in [6.45, 7) is 0.475. The molecule has 0 spiro atoms. The highest BCUT2D eigenvalue weighted by Gasteiger charge is 2.31. The van der Waals surface area contributed by atoms with Gasteiger partial charge in [0.2, 0.25) is 11.8 Å². The molecule has 2 aromatic carbocycles. The summed E-state index contributed by atoms with van der Waals surface area (Å²) in [5.74, 6) is 0.462. The van der Waals surface area contributed by atoms with Crippen LogP contribution in [0.4, 0.5) is 13.2 Å². The SMILES string of the molecule is CNC(=O)CCCCCCOc1ccc(/C(=C(/CC(F)(F)F)c2ccccc2)c2ccc3[nH]ccc3c2)cn1. The Morgan fingerprint density at radius 1 is 0.923 bits per heavy atom. The third-order valence-corrected chi connectivity index (χ3v) is 6.50. The highest BCUT2D eigenvalue weighted by Crippen LogP contribution is 2.40. The van der Waals surface area contributed by atoms with Crippen LogP contribution in [0.5, 0.6) is 5.88 Å². The molecule has 0 aliphatic carbocycles. The smallest absolute Gasteiger partial charge is 0.393 e. The van der Waals surface area contributed by atoms with Gasteiger partial charge in [0.05, 0.1) is 13.0 Å². The van der Waals surface area contributed by atoms with E-state index in [1.807, 2.05) is 24.3 Å². The van der Waals surface area contributed by atoms with Crippen LogP contribution in [0.3, 0.4) is 0 Å². The number of carbonyl (C=O) groups is 1. The van der Waals surface area contributed by atoms with E-state index in [-0.39, 0.29) is 11.5 Å². The lowest BCUT2D eigenvalue weighted by Crippen LogP contribution is -2.16. The zero-order chi connectivity index (χ0) is 27.7. The molecule has 0 atom stereocenters. The van der Waals surface area contributed by atoms with E-state index in [1.54, 1.807) is 61.9 Å². The Kier molecular flexibility index (Phi) is 9.41. The number of nitrogens with one attached hydrogen (secondary N) is 2. The van der Waals surface area contributed by atoms with Crippen molar-refractivity contribution in [3.63, 3.8) is 0 Å². The first kappa shape index (κ1) is 28.0. The van der Waals surface area contributed by atoms with Gasteiger partial charge in [-0.2, -0.15) is 13.2 Å². The number of ether oxygens (including phenoxy) is 1. The third kappa shape index (κ3) is 7.96. The number of pyridine rings is 1. The average molecular weight is 536 g/mol. The van der Waals surface area contributed by atoms with Gasteiger partial charge in [-0.25, -0.2) is 4.98 Å². The van der Waals surface area contributed by atoms with Crippen LogP contribution < -0.4 is 10.1 Å². The zero-order valence-corrected chi connectivity index (χ0v) is 21.9. The molecule has 0 fully saturated rings. The van der Waals surface area contributed by atoms with Crippen molar-refractivity contribution < 1.29 is 22.7 Å². The van der Waals surface area contributed by atoms with Gasteiger partial charge in [0, 0.05) is 43.0 Å². The molecule has 4 rings (SSSR count). The molecule has 4 aromatic rings. The quantitative estimate of drug-likeness (QED) is 0.145. The number of H-pyrrole nitrogens is 1. The van der Waals surface area contributed by atoms with Gasteiger partial charge in [0.15, 0.2) is 0 Å². The number of nitrogens with zero attached hydrogens (tertiary/aromatic N) is 1. The highest BCUT2D eigenvalue weighted by atomic mass is 19.4. The molecule has 1 amide bonds. The summed E-state index contributed by atoms with van der Waals surface area (Å²) in [4.78, 5) is 18.8. The molecule has 0 aliphatic rings. The topological polar surface area (TPSA) is 67.0 Å². The lowest BCUT2D eigenvalue weighted by atomic mass is 9.88. The molecule has 0 bridgehead atoms. The zero-order valence-electron chi connectivity index (χ0n) is 21.9. The summed E-state index contributed by atoms with van der Waals surface area (Å²) in [6.07, 6.45) is 1.95. The standard InChI is InChI=1S/C31H32F3N3O2/c1-35-28(38)11-7-2-3-8-18-39-29-15-13-25(21-37-29)30(24-12-14-27-23(19-24)16-17-36-27)26(20-31(32,33)34)22-9-5-4-6-10-22/h4-6,9-10,12-17,19,21,36H,2-3,7-8,11,18,20H2,1H3,(H,35,38)/b30-26-. The van der Waals surface area contributed by atoms with E-state index in [4.69, 9.17) is 4.74 Å². The van der Waals surface area contributed by atoms with Crippen molar-refractivity contribution >= 4 is 28.0 Å². The summed E-state index contributed by atoms with van der Waals surface area (Å²) in [7, 11) is 1.63. The van der Waals surface area contributed by atoms with Gasteiger partial charge < -0.3 is 15.0 Å². The normalized spacial score (nSPS) is 12.3. The summed E-state index contributed by atoms with van der Waals surface area (Å²) >= 11 is 0. The van der Waals surface area contributed by atoms with Crippen LogP contribution in [-0.2, 0) is 4.79 Å².